The van der Waals surface area contributed by atoms with E-state index in [1.54, 1.807) is 30.4 Å². The largest absolute Gasteiger partial charge is 0.495 e. The fraction of sp³-hybridized carbons (Fsp3) is 0.154. The molecule has 3 nitrogen and oxygen atoms in total. The van der Waals surface area contributed by atoms with Crippen molar-refractivity contribution in [2.45, 2.75) is 6.92 Å². The van der Waals surface area contributed by atoms with Crippen molar-refractivity contribution in [2.75, 3.05) is 12.4 Å². The molecule has 0 atom stereocenters. The van der Waals surface area contributed by atoms with Crippen LogP contribution >= 0.6 is 11.6 Å². The lowest BCUT2D eigenvalue weighted by atomic mass is 10.3. The van der Waals surface area contributed by atoms with E-state index in [9.17, 15) is 4.79 Å². The number of carbonyl (C=O) groups is 1. The summed E-state index contributed by atoms with van der Waals surface area (Å²) in [5.74, 6) is 0.339. The lowest BCUT2D eigenvalue weighted by molar-refractivity contribution is -0.111. The number of ether oxygens (including phenoxy) is 1. The summed E-state index contributed by atoms with van der Waals surface area (Å²) < 4.78 is 5.12. The van der Waals surface area contributed by atoms with E-state index in [0.717, 1.165) is 0 Å². The zero-order chi connectivity index (χ0) is 12.7. The molecule has 0 saturated carbocycles. The average Bonchev–Trinajstić information content (AvgIpc) is 2.29. The van der Waals surface area contributed by atoms with Crippen LogP contribution in [0, 0.1) is 0 Å². The lowest BCUT2D eigenvalue weighted by Gasteiger charge is -2.08. The summed E-state index contributed by atoms with van der Waals surface area (Å²) in [6.45, 7) is 1.88. The Morgan fingerprint density at radius 2 is 2.18 bits per heavy atom. The van der Waals surface area contributed by atoms with Gasteiger partial charge in [0.2, 0.25) is 5.91 Å². The molecule has 0 aromatic heterocycles. The van der Waals surface area contributed by atoms with Crippen LogP contribution in [0.15, 0.2) is 42.5 Å². The second-order valence-electron chi connectivity index (χ2n) is 3.22. The number of hydrogen-bond acceptors (Lipinski definition) is 2. The van der Waals surface area contributed by atoms with E-state index >= 15 is 0 Å². The van der Waals surface area contributed by atoms with Crippen molar-refractivity contribution in [3.63, 3.8) is 0 Å². The van der Waals surface area contributed by atoms with Crippen LogP contribution < -0.4 is 10.1 Å². The third-order valence-electron chi connectivity index (χ3n) is 1.97. The van der Waals surface area contributed by atoms with Gasteiger partial charge in [0.25, 0.3) is 0 Å². The normalized spacial score (nSPS) is 11.0. The molecule has 0 spiro atoms. The van der Waals surface area contributed by atoms with Crippen LogP contribution in [0.4, 0.5) is 5.69 Å². The van der Waals surface area contributed by atoms with Gasteiger partial charge in [0.15, 0.2) is 0 Å². The minimum absolute atomic E-state index is 0.233. The van der Waals surface area contributed by atoms with E-state index in [1.807, 2.05) is 13.0 Å². The first-order chi connectivity index (χ1) is 8.17. The molecule has 1 aromatic carbocycles. The molecule has 0 aliphatic carbocycles. The Morgan fingerprint density at radius 1 is 1.41 bits per heavy atom. The summed E-state index contributed by atoms with van der Waals surface area (Å²) in [4.78, 5) is 11.5. The molecule has 4 heteroatoms. The van der Waals surface area contributed by atoms with Gasteiger partial charge in [0.05, 0.1) is 12.8 Å². The highest BCUT2D eigenvalue weighted by atomic mass is 35.5. The van der Waals surface area contributed by atoms with Crippen LogP contribution in [0.25, 0.3) is 0 Å². The molecule has 1 rings (SSSR count). The maximum Gasteiger partial charge on any atom is 0.248 e. The maximum atomic E-state index is 11.5. The molecule has 0 bridgehead atoms. The number of nitrogens with one attached hydrogen (secondary N) is 1. The topological polar surface area (TPSA) is 38.3 Å². The van der Waals surface area contributed by atoms with Gasteiger partial charge in [-0.3, -0.25) is 4.79 Å². The van der Waals surface area contributed by atoms with Crippen molar-refractivity contribution in [2.24, 2.45) is 0 Å². The predicted molar refractivity (Wildman–Crippen MR) is 70.6 cm³/mol. The molecule has 0 saturated heterocycles. The van der Waals surface area contributed by atoms with Gasteiger partial charge < -0.3 is 10.1 Å². The first-order valence-corrected chi connectivity index (χ1v) is 5.49. The third-order valence-corrected chi connectivity index (χ3v) is 2.21. The van der Waals surface area contributed by atoms with Gasteiger partial charge in [-0.1, -0.05) is 29.8 Å². The van der Waals surface area contributed by atoms with Crippen molar-refractivity contribution < 1.29 is 9.53 Å². The van der Waals surface area contributed by atoms with Crippen LogP contribution in [-0.4, -0.2) is 13.0 Å². The molecule has 1 N–H and O–H groups in total. The van der Waals surface area contributed by atoms with Crippen LogP contribution in [0.2, 0.25) is 5.02 Å². The lowest BCUT2D eigenvalue weighted by Crippen LogP contribution is -2.08. The molecule has 0 unspecified atom stereocenters. The molecular weight excluding hydrogens is 238 g/mol. The standard InChI is InChI=1S/C13H14ClNO2/c1-3-4-5-6-13(16)15-11-9-10(14)7-8-12(11)17-2/h3-9H,1-2H3,(H,15,16)/b4-3+,6-5+. The SMILES string of the molecule is C/C=C/C=C/C(=O)Nc1cc(Cl)ccc1OC. The van der Waals surface area contributed by atoms with Crippen molar-refractivity contribution in [1.29, 1.82) is 0 Å². The Morgan fingerprint density at radius 3 is 2.82 bits per heavy atom. The van der Waals surface area contributed by atoms with Crippen LogP contribution in [0.1, 0.15) is 6.92 Å². The zero-order valence-corrected chi connectivity index (χ0v) is 10.5. The summed E-state index contributed by atoms with van der Waals surface area (Å²) in [5, 5.41) is 3.23. The smallest absolute Gasteiger partial charge is 0.248 e. The molecular formula is C13H14ClNO2. The first-order valence-electron chi connectivity index (χ1n) is 5.11. The van der Waals surface area contributed by atoms with Crippen LogP contribution in [-0.2, 0) is 4.79 Å². The van der Waals surface area contributed by atoms with Gasteiger partial charge in [-0.05, 0) is 25.1 Å². The first kappa shape index (κ1) is 13.3. The minimum atomic E-state index is -0.233. The summed E-state index contributed by atoms with van der Waals surface area (Å²) in [5.41, 5.74) is 0.551. The van der Waals surface area contributed by atoms with Gasteiger partial charge in [0.1, 0.15) is 5.75 Å². The number of carbonyl (C=O) groups excluding carboxylic acids is 1. The second kappa shape index (κ2) is 6.76. The number of methoxy groups -OCH3 is 1. The molecule has 0 aliphatic heterocycles. The van der Waals surface area contributed by atoms with Crippen molar-refractivity contribution in [3.8, 4) is 5.75 Å². The van der Waals surface area contributed by atoms with Crippen LogP contribution in [0.5, 0.6) is 5.75 Å². The number of rotatable bonds is 4. The monoisotopic (exact) mass is 251 g/mol. The minimum Gasteiger partial charge on any atom is -0.495 e. The van der Waals surface area contributed by atoms with E-state index in [1.165, 1.54) is 13.2 Å². The fourth-order valence-corrected chi connectivity index (χ4v) is 1.38. The summed E-state index contributed by atoms with van der Waals surface area (Å²) in [6, 6.07) is 5.04. The molecule has 17 heavy (non-hydrogen) atoms. The van der Waals surface area contributed by atoms with Gasteiger partial charge >= 0.3 is 0 Å². The molecule has 0 fully saturated rings. The van der Waals surface area contributed by atoms with Crippen molar-refractivity contribution in [3.05, 3.63) is 47.5 Å². The van der Waals surface area contributed by atoms with Gasteiger partial charge in [-0.25, -0.2) is 0 Å². The Kier molecular flexibility index (Phi) is 5.30. The highest BCUT2D eigenvalue weighted by Crippen LogP contribution is 2.27. The number of anilines is 1. The fourth-order valence-electron chi connectivity index (χ4n) is 1.21. The van der Waals surface area contributed by atoms with E-state index in [4.69, 9.17) is 16.3 Å². The highest BCUT2D eigenvalue weighted by Gasteiger charge is 2.05. The maximum absolute atomic E-state index is 11.5. The van der Waals surface area contributed by atoms with Crippen molar-refractivity contribution in [1.82, 2.24) is 0 Å². The third kappa shape index (κ3) is 4.33. The van der Waals surface area contributed by atoms with E-state index in [2.05, 4.69) is 5.32 Å². The summed E-state index contributed by atoms with van der Waals surface area (Å²) >= 11 is 5.85. The zero-order valence-electron chi connectivity index (χ0n) is 9.74. The quantitative estimate of drug-likeness (QED) is 0.658. The van der Waals surface area contributed by atoms with E-state index < -0.39 is 0 Å². The van der Waals surface area contributed by atoms with Gasteiger partial charge in [-0.2, -0.15) is 0 Å². The number of hydrogen-bond donors (Lipinski definition) is 1. The van der Waals surface area contributed by atoms with E-state index in [-0.39, 0.29) is 5.91 Å². The summed E-state index contributed by atoms with van der Waals surface area (Å²) in [7, 11) is 1.54. The molecule has 0 aliphatic rings. The Bertz CT molecular complexity index is 453. The molecule has 1 aromatic rings. The second-order valence-corrected chi connectivity index (χ2v) is 3.66. The Balaban J connectivity index is 2.80. The number of halogens is 1. The van der Waals surface area contributed by atoms with Gasteiger partial charge in [-0.15, -0.1) is 0 Å². The van der Waals surface area contributed by atoms with E-state index in [0.29, 0.717) is 16.5 Å². The van der Waals surface area contributed by atoms with Gasteiger partial charge in [0, 0.05) is 11.1 Å². The molecule has 90 valence electrons. The predicted octanol–water partition coefficient (Wildman–Crippen LogP) is 3.42. The van der Waals surface area contributed by atoms with Crippen LogP contribution in [0.3, 0.4) is 0 Å². The number of allylic oxidation sites excluding steroid dienone is 3. The average molecular weight is 252 g/mol. The number of amides is 1. The summed E-state index contributed by atoms with van der Waals surface area (Å²) in [6.07, 6.45) is 6.70. The number of benzene rings is 1. The Hall–Kier alpha value is -1.74. The Labute approximate surface area is 106 Å². The molecule has 1 amide bonds. The molecule has 0 heterocycles. The van der Waals surface area contributed by atoms with Crippen molar-refractivity contribution >= 4 is 23.2 Å². The molecule has 0 radical (unpaired) electrons. The highest BCUT2D eigenvalue weighted by molar-refractivity contribution is 6.31.